The van der Waals surface area contributed by atoms with E-state index in [9.17, 15) is 8.42 Å². The number of hydrogen-bond donors (Lipinski definition) is 1. The van der Waals surface area contributed by atoms with Gasteiger partial charge in [-0.05, 0) is 51.1 Å². The van der Waals surface area contributed by atoms with E-state index in [-0.39, 0.29) is 0 Å². The van der Waals surface area contributed by atoms with E-state index >= 15 is 0 Å². The van der Waals surface area contributed by atoms with Crippen LogP contribution in [0.5, 0.6) is 0 Å². The highest BCUT2D eigenvalue weighted by Crippen LogP contribution is 2.18. The first-order valence-electron chi connectivity index (χ1n) is 7.33. The summed E-state index contributed by atoms with van der Waals surface area (Å²) in [6.07, 6.45) is 7.29. The highest BCUT2D eigenvalue weighted by atomic mass is 32.2. The number of rotatable bonds is 6. The molecule has 19 heavy (non-hydrogen) atoms. The number of nitrogens with one attached hydrogen (secondary N) is 1. The van der Waals surface area contributed by atoms with Crippen LogP contribution in [0.25, 0.3) is 0 Å². The van der Waals surface area contributed by atoms with Crippen molar-refractivity contribution in [2.45, 2.75) is 38.2 Å². The van der Waals surface area contributed by atoms with E-state index in [4.69, 9.17) is 4.74 Å². The summed E-state index contributed by atoms with van der Waals surface area (Å²) in [7, 11) is -3.02. The van der Waals surface area contributed by atoms with Gasteiger partial charge in [-0.2, -0.15) is 0 Å². The van der Waals surface area contributed by atoms with Crippen molar-refractivity contribution in [3.63, 3.8) is 0 Å². The summed E-state index contributed by atoms with van der Waals surface area (Å²) in [5, 5.41) is 3.45. The van der Waals surface area contributed by atoms with Gasteiger partial charge in [0.05, 0.1) is 12.4 Å². The Morgan fingerprint density at radius 1 is 1.32 bits per heavy atom. The second-order valence-corrected chi connectivity index (χ2v) is 7.74. The average molecular weight is 290 g/mol. The molecule has 6 heteroatoms. The third-order valence-electron chi connectivity index (χ3n) is 4.05. The van der Waals surface area contributed by atoms with Gasteiger partial charge in [-0.15, -0.1) is 0 Å². The molecule has 0 spiro atoms. The molecule has 2 unspecified atom stereocenters. The molecule has 0 radical (unpaired) electrons. The fourth-order valence-electron chi connectivity index (χ4n) is 2.94. The van der Waals surface area contributed by atoms with Crippen LogP contribution in [0.3, 0.4) is 0 Å². The first-order chi connectivity index (χ1) is 9.05. The third-order valence-corrected chi connectivity index (χ3v) is 5.32. The van der Waals surface area contributed by atoms with Gasteiger partial charge in [0.25, 0.3) is 0 Å². The molecule has 2 fully saturated rings. The van der Waals surface area contributed by atoms with Crippen molar-refractivity contribution < 1.29 is 13.2 Å². The van der Waals surface area contributed by atoms with Crippen LogP contribution in [0.4, 0.5) is 0 Å². The summed E-state index contributed by atoms with van der Waals surface area (Å²) in [6.45, 7) is 4.16. The number of ether oxygens (including phenoxy) is 1. The molecule has 112 valence electrons. The minimum atomic E-state index is -3.02. The predicted octanol–water partition coefficient (Wildman–Crippen LogP) is 0.817. The Bertz CT molecular complexity index is 366. The lowest BCUT2D eigenvalue weighted by Crippen LogP contribution is -2.42. The van der Waals surface area contributed by atoms with Gasteiger partial charge >= 0.3 is 0 Å². The Balaban J connectivity index is 1.62. The maximum absolute atomic E-state index is 11.5. The first-order valence-corrected chi connectivity index (χ1v) is 9.18. The Labute approximate surface area is 116 Å². The molecular weight excluding hydrogens is 264 g/mol. The molecule has 0 bridgehead atoms. The summed E-state index contributed by atoms with van der Waals surface area (Å²) in [5.74, 6) is 0.452. The molecule has 5 nitrogen and oxygen atoms in total. The van der Waals surface area contributed by atoms with Gasteiger partial charge in [-0.3, -0.25) is 0 Å². The first kappa shape index (κ1) is 15.2. The fraction of sp³-hybridized carbons (Fsp3) is 1.00. The van der Waals surface area contributed by atoms with E-state index in [1.165, 1.54) is 19.1 Å². The molecule has 1 N–H and O–H groups in total. The van der Waals surface area contributed by atoms with Gasteiger partial charge in [-0.1, -0.05) is 0 Å². The molecule has 0 aliphatic carbocycles. The van der Waals surface area contributed by atoms with Crippen LogP contribution in [-0.2, 0) is 14.8 Å². The van der Waals surface area contributed by atoms with E-state index in [2.05, 4.69) is 5.32 Å². The standard InChI is InChI=1S/C13H26N2O3S/c1-19(16,17)15-8-2-4-12(11-15)10-14-7-6-13-5-3-9-18-13/h12-14H,2-11H2,1H3. The lowest BCUT2D eigenvalue weighted by atomic mass is 9.99. The van der Waals surface area contributed by atoms with Gasteiger partial charge < -0.3 is 10.1 Å². The quantitative estimate of drug-likeness (QED) is 0.736. The molecule has 2 saturated heterocycles. The van der Waals surface area contributed by atoms with Crippen molar-refractivity contribution in [1.82, 2.24) is 9.62 Å². The van der Waals surface area contributed by atoms with Crippen LogP contribution in [-0.4, -0.2) is 57.9 Å². The van der Waals surface area contributed by atoms with Gasteiger partial charge in [0.15, 0.2) is 0 Å². The topological polar surface area (TPSA) is 58.6 Å². The van der Waals surface area contributed by atoms with Gasteiger partial charge in [0.1, 0.15) is 0 Å². The second kappa shape index (κ2) is 7.02. The van der Waals surface area contributed by atoms with Gasteiger partial charge in [-0.25, -0.2) is 12.7 Å². The minimum Gasteiger partial charge on any atom is -0.378 e. The summed E-state index contributed by atoms with van der Waals surface area (Å²) in [5.41, 5.74) is 0. The van der Waals surface area contributed by atoms with Crippen molar-refractivity contribution in [1.29, 1.82) is 0 Å². The van der Waals surface area contributed by atoms with E-state index < -0.39 is 10.0 Å². The van der Waals surface area contributed by atoms with E-state index in [0.29, 0.717) is 25.1 Å². The van der Waals surface area contributed by atoms with Crippen LogP contribution >= 0.6 is 0 Å². The summed E-state index contributed by atoms with van der Waals surface area (Å²) >= 11 is 0. The molecule has 0 amide bonds. The Morgan fingerprint density at radius 2 is 2.16 bits per heavy atom. The molecule has 0 saturated carbocycles. The van der Waals surface area contributed by atoms with Crippen LogP contribution in [0.2, 0.25) is 0 Å². The van der Waals surface area contributed by atoms with Crippen LogP contribution in [0.1, 0.15) is 32.1 Å². The lowest BCUT2D eigenvalue weighted by molar-refractivity contribution is 0.104. The largest absolute Gasteiger partial charge is 0.378 e. The molecule has 2 heterocycles. The van der Waals surface area contributed by atoms with Crippen LogP contribution in [0.15, 0.2) is 0 Å². The number of sulfonamides is 1. The summed E-state index contributed by atoms with van der Waals surface area (Å²) in [6, 6.07) is 0. The monoisotopic (exact) mass is 290 g/mol. The molecular formula is C13H26N2O3S. The molecule has 0 aromatic heterocycles. The number of hydrogen-bond acceptors (Lipinski definition) is 4. The highest BCUT2D eigenvalue weighted by Gasteiger charge is 2.25. The van der Waals surface area contributed by atoms with Crippen LogP contribution in [0, 0.1) is 5.92 Å². The third kappa shape index (κ3) is 5.02. The molecule has 0 aromatic rings. The number of nitrogens with zero attached hydrogens (tertiary/aromatic N) is 1. The van der Waals surface area contributed by atoms with Gasteiger partial charge in [0, 0.05) is 19.7 Å². The van der Waals surface area contributed by atoms with Gasteiger partial charge in [0.2, 0.25) is 10.0 Å². The normalized spacial score (nSPS) is 29.7. The highest BCUT2D eigenvalue weighted by molar-refractivity contribution is 7.88. The maximum atomic E-state index is 11.5. The van der Waals surface area contributed by atoms with Crippen molar-refractivity contribution in [2.75, 3.05) is 39.0 Å². The van der Waals surface area contributed by atoms with Crippen molar-refractivity contribution in [3.8, 4) is 0 Å². The Morgan fingerprint density at radius 3 is 2.84 bits per heavy atom. The molecule has 2 aliphatic heterocycles. The molecule has 2 atom stereocenters. The average Bonchev–Trinajstić information content (AvgIpc) is 2.87. The van der Waals surface area contributed by atoms with Crippen molar-refractivity contribution in [3.05, 3.63) is 0 Å². The summed E-state index contributed by atoms with van der Waals surface area (Å²) < 4.78 is 30.2. The SMILES string of the molecule is CS(=O)(=O)N1CCCC(CNCCC2CCCO2)C1. The van der Waals surface area contributed by atoms with E-state index in [1.807, 2.05) is 0 Å². The molecule has 2 aliphatic rings. The van der Waals surface area contributed by atoms with Crippen molar-refractivity contribution >= 4 is 10.0 Å². The molecule has 2 rings (SSSR count). The number of piperidine rings is 1. The fourth-order valence-corrected chi connectivity index (χ4v) is 3.88. The van der Waals surface area contributed by atoms with E-state index in [1.54, 1.807) is 4.31 Å². The lowest BCUT2D eigenvalue weighted by Gasteiger charge is -2.31. The van der Waals surface area contributed by atoms with E-state index in [0.717, 1.165) is 39.0 Å². The Hall–Kier alpha value is -0.170. The maximum Gasteiger partial charge on any atom is 0.211 e. The van der Waals surface area contributed by atoms with Crippen molar-refractivity contribution in [2.24, 2.45) is 5.92 Å². The Kier molecular flexibility index (Phi) is 5.62. The second-order valence-electron chi connectivity index (χ2n) is 5.76. The van der Waals surface area contributed by atoms with Crippen LogP contribution < -0.4 is 5.32 Å². The predicted molar refractivity (Wildman–Crippen MR) is 75.6 cm³/mol. The molecule has 0 aromatic carbocycles. The zero-order chi connectivity index (χ0) is 13.7. The smallest absolute Gasteiger partial charge is 0.211 e. The zero-order valence-corrected chi connectivity index (χ0v) is 12.6. The zero-order valence-electron chi connectivity index (χ0n) is 11.8. The minimum absolute atomic E-state index is 0.436. The summed E-state index contributed by atoms with van der Waals surface area (Å²) in [4.78, 5) is 0.